The summed E-state index contributed by atoms with van der Waals surface area (Å²) >= 11 is 6.00. The number of rotatable bonds is 3. The van der Waals surface area contributed by atoms with Crippen LogP contribution < -0.4 is 10.9 Å². The minimum Gasteiger partial charge on any atom is -0.350 e. The molecule has 1 aliphatic carbocycles. The molecular formula is C12H15ClN2O2. The number of pyridine rings is 1. The normalized spacial score (nSPS) is 23.6. The Kier molecular flexibility index (Phi) is 3.84. The Morgan fingerprint density at radius 1 is 1.47 bits per heavy atom. The molecule has 17 heavy (non-hydrogen) atoms. The van der Waals surface area contributed by atoms with E-state index < -0.39 is 0 Å². The third-order valence-electron chi connectivity index (χ3n) is 3.04. The molecule has 5 heteroatoms. The molecule has 0 bridgehead atoms. The molecule has 0 spiro atoms. The Balaban J connectivity index is 1.87. The lowest BCUT2D eigenvalue weighted by Crippen LogP contribution is -2.30. The van der Waals surface area contributed by atoms with Gasteiger partial charge in [-0.25, -0.2) is 0 Å². The summed E-state index contributed by atoms with van der Waals surface area (Å²) in [6.45, 7) is 0.624. The molecule has 4 nitrogen and oxygen atoms in total. The maximum Gasteiger partial charge on any atom is 0.267 e. The molecule has 2 rings (SSSR count). The number of alkyl halides is 1. The van der Waals surface area contributed by atoms with E-state index in [0.717, 1.165) is 19.3 Å². The number of hydrogen-bond acceptors (Lipinski definition) is 2. The molecule has 1 heterocycles. The quantitative estimate of drug-likeness (QED) is 0.804. The number of amides is 1. The van der Waals surface area contributed by atoms with Gasteiger partial charge in [-0.15, -0.1) is 11.6 Å². The molecule has 0 saturated heterocycles. The van der Waals surface area contributed by atoms with Crippen LogP contribution >= 0.6 is 11.6 Å². The summed E-state index contributed by atoms with van der Waals surface area (Å²) in [5.41, 5.74) is 0.0391. The minimum atomic E-state index is -0.265. The van der Waals surface area contributed by atoms with Crippen LogP contribution in [0.4, 0.5) is 0 Å². The minimum absolute atomic E-state index is 0.235. The summed E-state index contributed by atoms with van der Waals surface area (Å²) in [5, 5.41) is 3.06. The Morgan fingerprint density at radius 2 is 2.29 bits per heavy atom. The van der Waals surface area contributed by atoms with Gasteiger partial charge in [-0.1, -0.05) is 6.07 Å². The van der Waals surface area contributed by atoms with Crippen molar-refractivity contribution in [1.82, 2.24) is 10.3 Å². The van der Waals surface area contributed by atoms with Gasteiger partial charge in [0.25, 0.3) is 5.91 Å². The standard InChI is InChI=1S/C12H15ClN2O2/c13-9-5-4-8(6-9)7-14-12(17)10-2-1-3-11(16)15-10/h1-3,8-9H,4-7H2,(H,14,17)(H,15,16). The fraction of sp³-hybridized carbons (Fsp3) is 0.500. The number of hydrogen-bond donors (Lipinski definition) is 2. The first kappa shape index (κ1) is 12.2. The number of halogens is 1. The Bertz CT molecular complexity index is 458. The van der Waals surface area contributed by atoms with Crippen LogP contribution in [0, 0.1) is 5.92 Å². The van der Waals surface area contributed by atoms with Crippen molar-refractivity contribution in [2.24, 2.45) is 5.92 Å². The van der Waals surface area contributed by atoms with E-state index >= 15 is 0 Å². The van der Waals surface area contributed by atoms with Crippen molar-refractivity contribution in [1.29, 1.82) is 0 Å². The second-order valence-corrected chi connectivity index (χ2v) is 5.03. The Morgan fingerprint density at radius 3 is 2.94 bits per heavy atom. The van der Waals surface area contributed by atoms with E-state index in [1.165, 1.54) is 6.07 Å². The first-order valence-corrected chi connectivity index (χ1v) is 6.20. The smallest absolute Gasteiger partial charge is 0.267 e. The molecule has 1 aliphatic rings. The molecule has 2 N–H and O–H groups in total. The molecule has 92 valence electrons. The summed E-state index contributed by atoms with van der Waals surface area (Å²) in [5.74, 6) is 0.220. The fourth-order valence-corrected chi connectivity index (χ4v) is 2.49. The van der Waals surface area contributed by atoms with E-state index in [0.29, 0.717) is 18.2 Å². The van der Waals surface area contributed by atoms with Crippen molar-refractivity contribution in [2.75, 3.05) is 6.54 Å². The molecule has 0 aromatic carbocycles. The molecule has 1 aromatic rings. The number of aromatic amines is 1. The number of aromatic nitrogens is 1. The number of nitrogens with one attached hydrogen (secondary N) is 2. The van der Waals surface area contributed by atoms with Crippen LogP contribution in [-0.2, 0) is 0 Å². The second kappa shape index (κ2) is 5.36. The highest BCUT2D eigenvalue weighted by molar-refractivity contribution is 6.20. The largest absolute Gasteiger partial charge is 0.350 e. The van der Waals surface area contributed by atoms with Gasteiger partial charge in [0, 0.05) is 18.0 Å². The molecule has 0 radical (unpaired) electrons. The van der Waals surface area contributed by atoms with Gasteiger partial charge in [0.05, 0.1) is 0 Å². The topological polar surface area (TPSA) is 62.0 Å². The van der Waals surface area contributed by atoms with E-state index in [9.17, 15) is 9.59 Å². The van der Waals surface area contributed by atoms with E-state index in [1.807, 2.05) is 0 Å². The molecule has 1 aromatic heterocycles. The van der Waals surface area contributed by atoms with Crippen LogP contribution in [0.2, 0.25) is 0 Å². The van der Waals surface area contributed by atoms with Crippen molar-refractivity contribution >= 4 is 17.5 Å². The Hall–Kier alpha value is -1.29. The van der Waals surface area contributed by atoms with Crippen molar-refractivity contribution < 1.29 is 4.79 Å². The lowest BCUT2D eigenvalue weighted by atomic mass is 10.1. The number of carbonyl (C=O) groups is 1. The maximum atomic E-state index is 11.7. The fourth-order valence-electron chi connectivity index (χ4n) is 2.11. The van der Waals surface area contributed by atoms with Gasteiger partial charge in [0.2, 0.25) is 5.56 Å². The molecule has 1 amide bonds. The molecule has 0 aliphatic heterocycles. The van der Waals surface area contributed by atoms with Gasteiger partial charge in [0.1, 0.15) is 5.69 Å². The van der Waals surface area contributed by atoms with Crippen LogP contribution in [0.25, 0.3) is 0 Å². The zero-order valence-corrected chi connectivity index (χ0v) is 10.2. The van der Waals surface area contributed by atoms with E-state index in [1.54, 1.807) is 12.1 Å². The summed E-state index contributed by atoms with van der Waals surface area (Å²) in [7, 11) is 0. The van der Waals surface area contributed by atoms with E-state index in [4.69, 9.17) is 11.6 Å². The molecule has 2 unspecified atom stereocenters. The lowest BCUT2D eigenvalue weighted by molar-refractivity contribution is 0.0942. The maximum absolute atomic E-state index is 11.7. The average molecular weight is 255 g/mol. The zero-order valence-electron chi connectivity index (χ0n) is 9.41. The van der Waals surface area contributed by atoms with E-state index in [2.05, 4.69) is 10.3 Å². The predicted octanol–water partition coefficient (Wildman–Crippen LogP) is 1.51. The van der Waals surface area contributed by atoms with E-state index in [-0.39, 0.29) is 16.8 Å². The van der Waals surface area contributed by atoms with Gasteiger partial charge in [-0.05, 0) is 31.2 Å². The molecule has 2 atom stereocenters. The lowest BCUT2D eigenvalue weighted by Gasteiger charge is -2.10. The highest BCUT2D eigenvalue weighted by Gasteiger charge is 2.23. The average Bonchev–Trinajstić information content (AvgIpc) is 2.72. The Labute approximate surface area is 104 Å². The first-order chi connectivity index (χ1) is 8.15. The van der Waals surface area contributed by atoms with Crippen LogP contribution in [-0.4, -0.2) is 22.8 Å². The highest BCUT2D eigenvalue weighted by atomic mass is 35.5. The molecule has 1 saturated carbocycles. The number of H-pyrrole nitrogens is 1. The van der Waals surface area contributed by atoms with Crippen molar-refractivity contribution in [3.63, 3.8) is 0 Å². The monoisotopic (exact) mass is 254 g/mol. The van der Waals surface area contributed by atoms with Gasteiger partial charge >= 0.3 is 0 Å². The summed E-state index contributed by atoms with van der Waals surface area (Å²) in [4.78, 5) is 25.3. The second-order valence-electron chi connectivity index (χ2n) is 4.42. The molecule has 1 fully saturated rings. The van der Waals surface area contributed by atoms with Crippen LogP contribution in [0.15, 0.2) is 23.0 Å². The SMILES string of the molecule is O=C(NCC1CCC(Cl)C1)c1cccc(=O)[nH]1. The summed E-state index contributed by atoms with van der Waals surface area (Å²) < 4.78 is 0. The summed E-state index contributed by atoms with van der Waals surface area (Å²) in [6, 6.07) is 4.54. The van der Waals surface area contributed by atoms with Gasteiger partial charge in [0.15, 0.2) is 0 Å². The molecular weight excluding hydrogens is 240 g/mol. The third kappa shape index (κ3) is 3.33. The first-order valence-electron chi connectivity index (χ1n) is 5.77. The zero-order chi connectivity index (χ0) is 12.3. The highest BCUT2D eigenvalue weighted by Crippen LogP contribution is 2.28. The van der Waals surface area contributed by atoms with Crippen LogP contribution in [0.1, 0.15) is 29.8 Å². The van der Waals surface area contributed by atoms with Gasteiger partial charge in [-0.2, -0.15) is 0 Å². The summed E-state index contributed by atoms with van der Waals surface area (Å²) in [6.07, 6.45) is 3.02. The van der Waals surface area contributed by atoms with Crippen molar-refractivity contribution in [3.05, 3.63) is 34.2 Å². The third-order valence-corrected chi connectivity index (χ3v) is 3.44. The van der Waals surface area contributed by atoms with Crippen molar-refractivity contribution in [3.8, 4) is 0 Å². The number of carbonyl (C=O) groups excluding carboxylic acids is 1. The van der Waals surface area contributed by atoms with Crippen LogP contribution in [0.3, 0.4) is 0 Å². The van der Waals surface area contributed by atoms with Crippen LogP contribution in [0.5, 0.6) is 0 Å². The van der Waals surface area contributed by atoms with Crippen molar-refractivity contribution in [2.45, 2.75) is 24.6 Å². The predicted molar refractivity (Wildman–Crippen MR) is 66.4 cm³/mol. The van der Waals surface area contributed by atoms with Gasteiger partial charge < -0.3 is 10.3 Å². The van der Waals surface area contributed by atoms with Gasteiger partial charge in [-0.3, -0.25) is 9.59 Å².